The largest absolute Gasteiger partial charge is 0.462 e. The SMILES string of the molecule is CC(CC(=O)OC(C)C1CCN(Cc2ccccc2)C1)NC(=O)C1CCCC1. The number of rotatable bonds is 8. The summed E-state index contributed by atoms with van der Waals surface area (Å²) in [5, 5.41) is 2.98. The van der Waals surface area contributed by atoms with Crippen molar-refractivity contribution in [3.63, 3.8) is 0 Å². The van der Waals surface area contributed by atoms with Crippen LogP contribution in [-0.2, 0) is 20.9 Å². The van der Waals surface area contributed by atoms with E-state index in [0.29, 0.717) is 5.92 Å². The minimum Gasteiger partial charge on any atom is -0.462 e. The number of benzene rings is 1. The summed E-state index contributed by atoms with van der Waals surface area (Å²) in [7, 11) is 0. The normalized spacial score (nSPS) is 22.7. The summed E-state index contributed by atoms with van der Waals surface area (Å²) in [4.78, 5) is 26.9. The Bertz CT molecular complexity index is 643. The van der Waals surface area contributed by atoms with Gasteiger partial charge in [-0.3, -0.25) is 14.5 Å². The molecule has 1 amide bonds. The summed E-state index contributed by atoms with van der Waals surface area (Å²) in [6.45, 7) is 6.82. The van der Waals surface area contributed by atoms with E-state index in [1.54, 1.807) is 0 Å². The molecule has 1 aromatic carbocycles. The molecule has 5 nitrogen and oxygen atoms in total. The highest BCUT2D eigenvalue weighted by atomic mass is 16.5. The molecule has 2 fully saturated rings. The quantitative estimate of drug-likeness (QED) is 0.695. The van der Waals surface area contributed by atoms with Gasteiger partial charge in [0.25, 0.3) is 0 Å². The lowest BCUT2D eigenvalue weighted by molar-refractivity contribution is -0.151. The molecular formula is C23H34N2O3. The van der Waals surface area contributed by atoms with E-state index in [2.05, 4.69) is 34.5 Å². The minimum atomic E-state index is -0.215. The van der Waals surface area contributed by atoms with Gasteiger partial charge >= 0.3 is 5.97 Å². The standard InChI is InChI=1S/C23H34N2O3/c1-17(24-23(27)20-10-6-7-11-20)14-22(26)28-18(2)21-12-13-25(16-21)15-19-8-4-3-5-9-19/h3-5,8-9,17-18,20-21H,6-7,10-16H2,1-2H3,(H,24,27). The van der Waals surface area contributed by atoms with Crippen LogP contribution in [0, 0.1) is 11.8 Å². The zero-order valence-electron chi connectivity index (χ0n) is 17.2. The summed E-state index contributed by atoms with van der Waals surface area (Å²) in [6.07, 6.45) is 5.41. The van der Waals surface area contributed by atoms with Crippen LogP contribution in [0.3, 0.4) is 0 Å². The Kier molecular flexibility index (Phi) is 7.49. The van der Waals surface area contributed by atoms with Gasteiger partial charge in [0.1, 0.15) is 6.10 Å². The maximum absolute atomic E-state index is 12.3. The van der Waals surface area contributed by atoms with Crippen molar-refractivity contribution in [3.8, 4) is 0 Å². The Morgan fingerprint density at radius 1 is 1.14 bits per heavy atom. The van der Waals surface area contributed by atoms with Crippen LogP contribution >= 0.6 is 0 Å². The lowest BCUT2D eigenvalue weighted by Crippen LogP contribution is -2.38. The van der Waals surface area contributed by atoms with Crippen LogP contribution < -0.4 is 5.32 Å². The van der Waals surface area contributed by atoms with Crippen molar-refractivity contribution < 1.29 is 14.3 Å². The highest BCUT2D eigenvalue weighted by Gasteiger charge is 2.30. The van der Waals surface area contributed by atoms with E-state index in [-0.39, 0.29) is 36.4 Å². The molecule has 0 radical (unpaired) electrons. The van der Waals surface area contributed by atoms with Crippen molar-refractivity contribution in [3.05, 3.63) is 35.9 Å². The molecule has 1 aliphatic heterocycles. The van der Waals surface area contributed by atoms with Gasteiger partial charge in [-0.2, -0.15) is 0 Å². The van der Waals surface area contributed by atoms with E-state index in [4.69, 9.17) is 4.74 Å². The van der Waals surface area contributed by atoms with E-state index >= 15 is 0 Å². The molecule has 3 rings (SSSR count). The molecule has 1 aromatic rings. The number of nitrogens with zero attached hydrogens (tertiary/aromatic N) is 1. The van der Waals surface area contributed by atoms with Crippen LogP contribution in [-0.4, -0.2) is 42.0 Å². The maximum atomic E-state index is 12.3. The number of hydrogen-bond acceptors (Lipinski definition) is 4. The number of carbonyl (C=O) groups excluding carboxylic acids is 2. The van der Waals surface area contributed by atoms with Crippen molar-refractivity contribution in [2.45, 2.75) is 71.1 Å². The molecule has 0 aromatic heterocycles. The summed E-state index contributed by atoms with van der Waals surface area (Å²) < 4.78 is 5.69. The number of likely N-dealkylation sites (tertiary alicyclic amines) is 1. The van der Waals surface area contributed by atoms with Crippen LogP contribution in [0.1, 0.15) is 57.9 Å². The third kappa shape index (κ3) is 6.06. The molecule has 0 spiro atoms. The van der Waals surface area contributed by atoms with Crippen LogP contribution in [0.25, 0.3) is 0 Å². The average molecular weight is 387 g/mol. The lowest BCUT2D eigenvalue weighted by atomic mass is 10.0. The fourth-order valence-electron chi connectivity index (χ4n) is 4.43. The first-order chi connectivity index (χ1) is 13.5. The molecule has 5 heteroatoms. The first kappa shape index (κ1) is 20.8. The second-order valence-electron chi connectivity index (χ2n) is 8.56. The molecule has 2 aliphatic rings. The highest BCUT2D eigenvalue weighted by molar-refractivity contribution is 5.80. The van der Waals surface area contributed by atoms with Gasteiger partial charge < -0.3 is 10.1 Å². The van der Waals surface area contributed by atoms with Gasteiger partial charge in [0.15, 0.2) is 0 Å². The van der Waals surface area contributed by atoms with Crippen molar-refractivity contribution in [1.82, 2.24) is 10.2 Å². The van der Waals surface area contributed by atoms with Crippen molar-refractivity contribution in [2.75, 3.05) is 13.1 Å². The smallest absolute Gasteiger partial charge is 0.308 e. The van der Waals surface area contributed by atoms with Gasteiger partial charge in [-0.15, -0.1) is 0 Å². The number of carbonyl (C=O) groups is 2. The summed E-state index contributed by atoms with van der Waals surface area (Å²) in [5.74, 6) is 0.383. The first-order valence-corrected chi connectivity index (χ1v) is 10.8. The number of nitrogens with one attached hydrogen (secondary N) is 1. The van der Waals surface area contributed by atoms with E-state index < -0.39 is 0 Å². The second-order valence-corrected chi connectivity index (χ2v) is 8.56. The molecule has 1 aliphatic carbocycles. The zero-order valence-corrected chi connectivity index (χ0v) is 17.2. The topological polar surface area (TPSA) is 58.6 Å². The van der Waals surface area contributed by atoms with Crippen molar-refractivity contribution >= 4 is 11.9 Å². The molecule has 1 saturated carbocycles. The summed E-state index contributed by atoms with van der Waals surface area (Å²) in [6, 6.07) is 10.3. The number of hydrogen-bond donors (Lipinski definition) is 1. The Balaban J connectivity index is 1.37. The van der Waals surface area contributed by atoms with Gasteiger partial charge in [-0.1, -0.05) is 43.2 Å². The van der Waals surface area contributed by atoms with E-state index in [0.717, 1.165) is 51.7 Å². The van der Waals surface area contributed by atoms with Crippen LogP contribution in [0.15, 0.2) is 30.3 Å². The van der Waals surface area contributed by atoms with Gasteiger partial charge in [0.2, 0.25) is 5.91 Å². The highest BCUT2D eigenvalue weighted by Crippen LogP contribution is 2.25. The Morgan fingerprint density at radius 3 is 2.57 bits per heavy atom. The van der Waals surface area contributed by atoms with Crippen molar-refractivity contribution in [2.24, 2.45) is 11.8 Å². The summed E-state index contributed by atoms with van der Waals surface area (Å²) >= 11 is 0. The number of ether oxygens (including phenoxy) is 1. The Hall–Kier alpha value is -1.88. The minimum absolute atomic E-state index is 0.0917. The number of esters is 1. The van der Waals surface area contributed by atoms with E-state index in [1.165, 1.54) is 5.56 Å². The lowest BCUT2D eigenvalue weighted by Gasteiger charge is -2.22. The predicted molar refractivity (Wildman–Crippen MR) is 110 cm³/mol. The van der Waals surface area contributed by atoms with Gasteiger partial charge in [0.05, 0.1) is 6.42 Å². The molecule has 154 valence electrons. The fourth-order valence-corrected chi connectivity index (χ4v) is 4.43. The van der Waals surface area contributed by atoms with Crippen LogP contribution in [0.5, 0.6) is 0 Å². The maximum Gasteiger partial charge on any atom is 0.308 e. The molecule has 1 N–H and O–H groups in total. The Morgan fingerprint density at radius 2 is 1.86 bits per heavy atom. The van der Waals surface area contributed by atoms with Gasteiger partial charge in [-0.25, -0.2) is 0 Å². The second kappa shape index (κ2) is 10.1. The van der Waals surface area contributed by atoms with Gasteiger partial charge in [0, 0.05) is 31.0 Å². The van der Waals surface area contributed by atoms with Crippen molar-refractivity contribution in [1.29, 1.82) is 0 Å². The number of amides is 1. The van der Waals surface area contributed by atoms with Crippen LogP contribution in [0.4, 0.5) is 0 Å². The first-order valence-electron chi connectivity index (χ1n) is 10.8. The van der Waals surface area contributed by atoms with E-state index in [1.807, 2.05) is 19.9 Å². The molecule has 28 heavy (non-hydrogen) atoms. The molecular weight excluding hydrogens is 352 g/mol. The van der Waals surface area contributed by atoms with Crippen LogP contribution in [0.2, 0.25) is 0 Å². The Labute approximate surface area is 168 Å². The summed E-state index contributed by atoms with van der Waals surface area (Å²) in [5.41, 5.74) is 1.32. The molecule has 3 unspecified atom stereocenters. The molecule has 1 heterocycles. The molecule has 0 bridgehead atoms. The fraction of sp³-hybridized carbons (Fsp3) is 0.652. The average Bonchev–Trinajstić information content (AvgIpc) is 3.34. The molecule has 1 saturated heterocycles. The zero-order chi connectivity index (χ0) is 19.9. The molecule has 3 atom stereocenters. The predicted octanol–water partition coefficient (Wildman–Crippen LogP) is 3.53. The van der Waals surface area contributed by atoms with Gasteiger partial charge in [-0.05, 0) is 45.2 Å². The monoisotopic (exact) mass is 386 g/mol. The van der Waals surface area contributed by atoms with E-state index in [9.17, 15) is 9.59 Å². The third-order valence-corrected chi connectivity index (χ3v) is 6.13. The third-order valence-electron chi connectivity index (χ3n) is 6.13.